The summed E-state index contributed by atoms with van der Waals surface area (Å²) in [5.41, 5.74) is 0.400. The van der Waals surface area contributed by atoms with E-state index in [2.05, 4.69) is 10.3 Å². The molecule has 1 aromatic rings. The number of thioether (sulfide) groups is 1. The first kappa shape index (κ1) is 14.5. The minimum absolute atomic E-state index is 0.180. The Morgan fingerprint density at radius 3 is 2.61 bits per heavy atom. The van der Waals surface area contributed by atoms with Crippen LogP contribution in [0.25, 0.3) is 0 Å². The van der Waals surface area contributed by atoms with Crippen LogP contribution < -0.4 is 5.32 Å². The zero-order valence-electron chi connectivity index (χ0n) is 10.5. The summed E-state index contributed by atoms with van der Waals surface area (Å²) in [6.45, 7) is 3.50. The number of aromatic nitrogens is 1. The van der Waals surface area contributed by atoms with Gasteiger partial charge in [-0.15, -0.1) is 11.8 Å². The smallest absolute Gasteiger partial charge is 0.326 e. The Morgan fingerprint density at radius 1 is 1.44 bits per heavy atom. The van der Waals surface area contributed by atoms with Crippen LogP contribution in [0.1, 0.15) is 24.2 Å². The van der Waals surface area contributed by atoms with Crippen LogP contribution in [0.5, 0.6) is 0 Å². The lowest BCUT2D eigenvalue weighted by Crippen LogP contribution is -2.44. The van der Waals surface area contributed by atoms with Crippen LogP contribution >= 0.6 is 11.8 Å². The number of carboxylic acid groups (broad SMARTS) is 1. The van der Waals surface area contributed by atoms with Crippen molar-refractivity contribution in [3.8, 4) is 0 Å². The largest absolute Gasteiger partial charge is 0.480 e. The van der Waals surface area contributed by atoms with Gasteiger partial charge < -0.3 is 10.4 Å². The summed E-state index contributed by atoms with van der Waals surface area (Å²) in [6, 6.07) is 2.39. The van der Waals surface area contributed by atoms with Gasteiger partial charge in [-0.2, -0.15) is 0 Å². The van der Waals surface area contributed by atoms with Crippen molar-refractivity contribution in [3.05, 3.63) is 23.9 Å². The van der Waals surface area contributed by atoms with Crippen molar-refractivity contribution in [1.29, 1.82) is 0 Å². The summed E-state index contributed by atoms with van der Waals surface area (Å²) in [5.74, 6) is -1.62. The van der Waals surface area contributed by atoms with Crippen molar-refractivity contribution in [2.75, 3.05) is 6.26 Å². The number of carbonyl (C=O) groups excluding carboxylic acids is 1. The monoisotopic (exact) mass is 268 g/mol. The maximum Gasteiger partial charge on any atom is 0.326 e. The Bertz CT molecular complexity index is 449. The molecule has 1 amide bonds. The lowest BCUT2D eigenvalue weighted by molar-refractivity contribution is -0.140. The molecular formula is C12H16N2O3S. The van der Waals surface area contributed by atoms with E-state index in [-0.39, 0.29) is 5.92 Å². The standard InChI is InChI=1S/C12H16N2O3S/c1-7(2)9(12(16)17)14-10(15)8-5-4-6-13-11(8)18-3/h4-7,9H,1-3H3,(H,14,15)(H,16,17)/t9-/m0/s1. The molecule has 1 rings (SSSR count). The Labute approximate surface area is 110 Å². The van der Waals surface area contributed by atoms with Crippen molar-refractivity contribution in [2.45, 2.75) is 24.9 Å². The summed E-state index contributed by atoms with van der Waals surface area (Å²) in [7, 11) is 0. The summed E-state index contributed by atoms with van der Waals surface area (Å²) >= 11 is 1.35. The third kappa shape index (κ3) is 3.46. The van der Waals surface area contributed by atoms with Crippen LogP contribution in [0.15, 0.2) is 23.4 Å². The van der Waals surface area contributed by atoms with Crippen molar-refractivity contribution < 1.29 is 14.7 Å². The van der Waals surface area contributed by atoms with Crippen LogP contribution in [-0.2, 0) is 4.79 Å². The molecule has 0 fully saturated rings. The highest BCUT2D eigenvalue weighted by molar-refractivity contribution is 7.98. The van der Waals surface area contributed by atoms with Gasteiger partial charge in [-0.1, -0.05) is 13.8 Å². The van der Waals surface area contributed by atoms with E-state index in [9.17, 15) is 9.59 Å². The van der Waals surface area contributed by atoms with E-state index < -0.39 is 17.9 Å². The molecule has 1 heterocycles. The van der Waals surface area contributed by atoms with E-state index in [4.69, 9.17) is 5.11 Å². The number of carbonyl (C=O) groups is 2. The molecule has 18 heavy (non-hydrogen) atoms. The van der Waals surface area contributed by atoms with E-state index >= 15 is 0 Å². The normalized spacial score (nSPS) is 12.2. The van der Waals surface area contributed by atoms with Crippen molar-refractivity contribution in [1.82, 2.24) is 10.3 Å². The number of amides is 1. The Balaban J connectivity index is 2.90. The molecule has 6 heteroatoms. The van der Waals surface area contributed by atoms with E-state index in [1.54, 1.807) is 32.2 Å². The molecule has 0 aliphatic rings. The average Bonchev–Trinajstić information content (AvgIpc) is 2.34. The first-order valence-corrected chi connectivity index (χ1v) is 6.72. The zero-order chi connectivity index (χ0) is 13.7. The Kier molecular flexibility index (Phi) is 5.15. The molecular weight excluding hydrogens is 252 g/mol. The highest BCUT2D eigenvalue weighted by atomic mass is 32.2. The fourth-order valence-electron chi connectivity index (χ4n) is 1.46. The summed E-state index contributed by atoms with van der Waals surface area (Å²) in [4.78, 5) is 27.1. The van der Waals surface area contributed by atoms with Crippen LogP contribution in [0.4, 0.5) is 0 Å². The molecule has 0 aliphatic carbocycles. The highest BCUT2D eigenvalue weighted by Crippen LogP contribution is 2.17. The Morgan fingerprint density at radius 2 is 2.11 bits per heavy atom. The number of pyridine rings is 1. The van der Waals surface area contributed by atoms with Crippen molar-refractivity contribution in [3.63, 3.8) is 0 Å². The van der Waals surface area contributed by atoms with Crippen molar-refractivity contribution in [2.24, 2.45) is 5.92 Å². The molecule has 0 saturated heterocycles. The topological polar surface area (TPSA) is 79.3 Å². The summed E-state index contributed by atoms with van der Waals surface area (Å²) < 4.78 is 0. The van der Waals surface area contributed by atoms with Gasteiger partial charge >= 0.3 is 5.97 Å². The fraction of sp³-hybridized carbons (Fsp3) is 0.417. The minimum Gasteiger partial charge on any atom is -0.480 e. The highest BCUT2D eigenvalue weighted by Gasteiger charge is 2.24. The molecule has 0 unspecified atom stereocenters. The van der Waals surface area contributed by atoms with Gasteiger partial charge in [0.1, 0.15) is 11.1 Å². The summed E-state index contributed by atoms with van der Waals surface area (Å²) in [6.07, 6.45) is 3.41. The molecule has 0 bridgehead atoms. The predicted molar refractivity (Wildman–Crippen MR) is 69.7 cm³/mol. The van der Waals surface area contributed by atoms with Crippen LogP contribution in [0.2, 0.25) is 0 Å². The lowest BCUT2D eigenvalue weighted by atomic mass is 10.0. The molecule has 98 valence electrons. The van der Waals surface area contributed by atoms with Gasteiger partial charge in [0, 0.05) is 6.20 Å². The number of nitrogens with one attached hydrogen (secondary N) is 1. The second-order valence-corrected chi connectivity index (χ2v) is 4.89. The summed E-state index contributed by atoms with van der Waals surface area (Å²) in [5, 5.41) is 12.1. The van der Waals surface area contributed by atoms with Crippen molar-refractivity contribution >= 4 is 23.6 Å². The van der Waals surface area contributed by atoms with E-state index in [0.29, 0.717) is 10.6 Å². The Hall–Kier alpha value is -1.56. The number of nitrogens with zero attached hydrogens (tertiary/aromatic N) is 1. The van der Waals surface area contributed by atoms with Gasteiger partial charge in [0.15, 0.2) is 0 Å². The maximum absolute atomic E-state index is 12.0. The van der Waals surface area contributed by atoms with Crippen LogP contribution in [-0.4, -0.2) is 34.3 Å². The van der Waals surface area contributed by atoms with Gasteiger partial charge in [-0.3, -0.25) is 4.79 Å². The van der Waals surface area contributed by atoms with E-state index in [0.717, 1.165) is 0 Å². The molecule has 0 aliphatic heterocycles. The second kappa shape index (κ2) is 6.39. The van der Waals surface area contributed by atoms with Gasteiger partial charge in [-0.25, -0.2) is 9.78 Å². The number of rotatable bonds is 5. The first-order valence-electron chi connectivity index (χ1n) is 5.50. The third-order valence-corrected chi connectivity index (χ3v) is 3.14. The van der Waals surface area contributed by atoms with E-state index in [1.807, 2.05) is 6.26 Å². The van der Waals surface area contributed by atoms with Crippen LogP contribution in [0, 0.1) is 5.92 Å². The van der Waals surface area contributed by atoms with Gasteiger partial charge in [0.2, 0.25) is 0 Å². The van der Waals surface area contributed by atoms with E-state index in [1.165, 1.54) is 11.8 Å². The molecule has 1 atom stereocenters. The third-order valence-electron chi connectivity index (χ3n) is 2.43. The number of aliphatic carboxylic acids is 1. The molecule has 0 aromatic carbocycles. The molecule has 0 spiro atoms. The molecule has 0 radical (unpaired) electrons. The minimum atomic E-state index is -1.03. The maximum atomic E-state index is 12.0. The second-order valence-electron chi connectivity index (χ2n) is 4.09. The quantitative estimate of drug-likeness (QED) is 0.794. The van der Waals surface area contributed by atoms with Gasteiger partial charge in [-0.05, 0) is 24.3 Å². The molecule has 5 nitrogen and oxygen atoms in total. The average molecular weight is 268 g/mol. The molecule has 2 N–H and O–H groups in total. The zero-order valence-corrected chi connectivity index (χ0v) is 11.3. The predicted octanol–water partition coefficient (Wildman–Crippen LogP) is 1.64. The lowest BCUT2D eigenvalue weighted by Gasteiger charge is -2.18. The SMILES string of the molecule is CSc1ncccc1C(=O)N[C@H](C(=O)O)C(C)C. The van der Waals surface area contributed by atoms with Gasteiger partial charge in [0.25, 0.3) is 5.91 Å². The fourth-order valence-corrected chi connectivity index (χ4v) is 2.01. The van der Waals surface area contributed by atoms with Gasteiger partial charge in [0.05, 0.1) is 5.56 Å². The molecule has 0 saturated carbocycles. The first-order chi connectivity index (χ1) is 8.47. The number of hydrogen-bond donors (Lipinski definition) is 2. The number of carboxylic acids is 1. The molecule has 1 aromatic heterocycles. The van der Waals surface area contributed by atoms with Crippen LogP contribution in [0.3, 0.4) is 0 Å². The number of hydrogen-bond acceptors (Lipinski definition) is 4.